The lowest BCUT2D eigenvalue weighted by atomic mass is 10.1. The molecule has 14 heteroatoms. The second-order valence-electron chi connectivity index (χ2n) is 9.40. The average Bonchev–Trinajstić information content (AvgIpc) is 3.73. The van der Waals surface area contributed by atoms with E-state index in [9.17, 15) is 4.39 Å². The maximum Gasteiger partial charge on any atom is 0.225 e. The van der Waals surface area contributed by atoms with Gasteiger partial charge in [-0.15, -0.1) is 5.10 Å². The van der Waals surface area contributed by atoms with Crippen LogP contribution in [0.5, 0.6) is 0 Å². The Morgan fingerprint density at radius 3 is 2.60 bits per heavy atom. The van der Waals surface area contributed by atoms with Crippen molar-refractivity contribution in [1.82, 2.24) is 44.2 Å². The molecule has 202 valence electrons. The molecule has 6 heterocycles. The van der Waals surface area contributed by atoms with E-state index >= 15 is 0 Å². The van der Waals surface area contributed by atoms with E-state index in [4.69, 9.17) is 21.8 Å². The van der Waals surface area contributed by atoms with E-state index in [0.29, 0.717) is 66.0 Å². The van der Waals surface area contributed by atoms with Crippen LogP contribution in [0.3, 0.4) is 0 Å². The molecular formula is C26H23ClFN11O. The first kappa shape index (κ1) is 24.4. The van der Waals surface area contributed by atoms with Crippen molar-refractivity contribution in [2.24, 2.45) is 0 Å². The Morgan fingerprint density at radius 1 is 0.950 bits per heavy atom. The number of nitrogen functional groups attached to an aromatic ring is 1. The zero-order chi connectivity index (χ0) is 27.2. The van der Waals surface area contributed by atoms with Gasteiger partial charge in [0, 0.05) is 44.5 Å². The van der Waals surface area contributed by atoms with E-state index in [2.05, 4.69) is 35.0 Å². The summed E-state index contributed by atoms with van der Waals surface area (Å²) >= 11 is 6.56. The molecule has 2 N–H and O–H groups in total. The van der Waals surface area contributed by atoms with Gasteiger partial charge in [-0.25, -0.2) is 19.0 Å². The molecule has 1 aromatic carbocycles. The Hall–Kier alpha value is -4.62. The predicted octanol–water partition coefficient (Wildman–Crippen LogP) is 3.39. The minimum Gasteiger partial charge on any atom is -0.445 e. The van der Waals surface area contributed by atoms with E-state index < -0.39 is 0 Å². The maximum absolute atomic E-state index is 14.7. The Kier molecular flexibility index (Phi) is 6.01. The average molecular weight is 560 g/mol. The van der Waals surface area contributed by atoms with Gasteiger partial charge >= 0.3 is 0 Å². The lowest BCUT2D eigenvalue weighted by molar-refractivity contribution is 0.245. The molecule has 1 aliphatic rings. The number of hydrogen-bond acceptors (Lipinski definition) is 10. The summed E-state index contributed by atoms with van der Waals surface area (Å²) in [6, 6.07) is 10.4. The van der Waals surface area contributed by atoms with Crippen LogP contribution in [0.15, 0.2) is 59.5 Å². The van der Waals surface area contributed by atoms with Crippen molar-refractivity contribution in [3.63, 3.8) is 0 Å². The van der Waals surface area contributed by atoms with Gasteiger partial charge in [-0.3, -0.25) is 9.88 Å². The molecule has 1 fully saturated rings. The van der Waals surface area contributed by atoms with Gasteiger partial charge in [0.25, 0.3) is 0 Å². The number of anilines is 2. The first-order chi connectivity index (χ1) is 19.5. The van der Waals surface area contributed by atoms with Crippen molar-refractivity contribution >= 4 is 39.9 Å². The fourth-order valence-corrected chi connectivity index (χ4v) is 5.24. The standard InChI is InChI=1S/C26H23ClFN11O/c27-21-20-23(33-26(29)39-24(20)32-22(35-39)18-3-1-2-6-30-18)38(34-21)13-10-36-8-11-37(12-9-36)19-15-16(4-5-17(19)28)25-31-7-14-40-25/h1-7,14-15H,8-13H2,(H2,29,33). The molecular weight excluding hydrogens is 537 g/mol. The smallest absolute Gasteiger partial charge is 0.225 e. The predicted molar refractivity (Wildman–Crippen MR) is 147 cm³/mol. The summed E-state index contributed by atoms with van der Waals surface area (Å²) in [5, 5.41) is 9.85. The molecule has 12 nitrogen and oxygen atoms in total. The van der Waals surface area contributed by atoms with Crippen LogP contribution in [0.1, 0.15) is 0 Å². The number of nitrogens with two attached hydrogens (primary N) is 1. The highest BCUT2D eigenvalue weighted by Gasteiger charge is 2.23. The first-order valence-electron chi connectivity index (χ1n) is 12.7. The lowest BCUT2D eigenvalue weighted by Crippen LogP contribution is -2.47. The SMILES string of the molecule is Nc1nc2c(c(Cl)nn2CCN2CCN(c3cc(-c4ncco4)ccc3F)CC2)c2nc(-c3ccccn3)nn12. The van der Waals surface area contributed by atoms with Crippen LogP contribution in [0.2, 0.25) is 5.15 Å². The van der Waals surface area contributed by atoms with Crippen molar-refractivity contribution in [3.05, 3.63) is 66.0 Å². The third-order valence-electron chi connectivity index (χ3n) is 7.01. The highest BCUT2D eigenvalue weighted by atomic mass is 35.5. The number of piperazine rings is 1. The largest absolute Gasteiger partial charge is 0.445 e. The van der Waals surface area contributed by atoms with E-state index in [1.807, 2.05) is 23.1 Å². The summed E-state index contributed by atoms with van der Waals surface area (Å²) in [4.78, 5) is 22.0. The molecule has 0 atom stereocenters. The summed E-state index contributed by atoms with van der Waals surface area (Å²) in [5.41, 5.74) is 9.16. The fourth-order valence-electron chi connectivity index (χ4n) is 4.98. The summed E-state index contributed by atoms with van der Waals surface area (Å²) in [6.07, 6.45) is 4.76. The van der Waals surface area contributed by atoms with Crippen LogP contribution >= 0.6 is 11.6 Å². The minimum atomic E-state index is -0.268. The van der Waals surface area contributed by atoms with Crippen molar-refractivity contribution in [3.8, 4) is 23.0 Å². The van der Waals surface area contributed by atoms with Gasteiger partial charge < -0.3 is 15.1 Å². The van der Waals surface area contributed by atoms with Crippen LogP contribution in [-0.4, -0.2) is 77.0 Å². The van der Waals surface area contributed by atoms with Crippen molar-refractivity contribution in [1.29, 1.82) is 0 Å². The van der Waals surface area contributed by atoms with Gasteiger partial charge in [0.15, 0.2) is 16.4 Å². The van der Waals surface area contributed by atoms with E-state index in [-0.39, 0.29) is 16.9 Å². The Labute approximate surface area is 231 Å². The number of rotatable bonds is 6. The van der Waals surface area contributed by atoms with Crippen LogP contribution < -0.4 is 10.6 Å². The zero-order valence-electron chi connectivity index (χ0n) is 21.2. The fraction of sp³-hybridized carbons (Fsp3) is 0.231. The molecule has 6 aromatic rings. The Balaban J connectivity index is 1.07. The summed E-state index contributed by atoms with van der Waals surface area (Å²) in [7, 11) is 0. The second kappa shape index (κ2) is 9.84. The van der Waals surface area contributed by atoms with Gasteiger partial charge in [-0.05, 0) is 30.3 Å². The molecule has 0 saturated carbocycles. The van der Waals surface area contributed by atoms with Gasteiger partial charge in [-0.2, -0.15) is 14.6 Å². The number of pyridine rings is 1. The van der Waals surface area contributed by atoms with Gasteiger partial charge in [0.2, 0.25) is 17.7 Å². The van der Waals surface area contributed by atoms with Gasteiger partial charge in [-0.1, -0.05) is 17.7 Å². The normalized spacial score (nSPS) is 14.5. The summed E-state index contributed by atoms with van der Waals surface area (Å²) < 4.78 is 23.3. The molecule has 7 rings (SSSR count). The number of hydrogen-bond donors (Lipinski definition) is 1. The number of aromatic nitrogens is 8. The molecule has 0 radical (unpaired) electrons. The Bertz CT molecular complexity index is 1810. The first-order valence-corrected chi connectivity index (χ1v) is 13.1. The van der Waals surface area contributed by atoms with Crippen LogP contribution in [0.4, 0.5) is 16.0 Å². The molecule has 0 amide bonds. The molecule has 1 aliphatic heterocycles. The molecule has 0 bridgehead atoms. The third-order valence-corrected chi connectivity index (χ3v) is 7.28. The number of nitrogens with zero attached hydrogens (tertiary/aromatic N) is 10. The van der Waals surface area contributed by atoms with E-state index in [1.165, 1.54) is 16.8 Å². The highest BCUT2D eigenvalue weighted by Crippen LogP contribution is 2.29. The van der Waals surface area contributed by atoms with Crippen LogP contribution in [0, 0.1) is 5.82 Å². The lowest BCUT2D eigenvalue weighted by Gasteiger charge is -2.36. The molecule has 0 unspecified atom stereocenters. The topological polar surface area (TPSA) is 132 Å². The molecule has 5 aromatic heterocycles. The van der Waals surface area contributed by atoms with E-state index in [1.54, 1.807) is 29.2 Å². The minimum absolute atomic E-state index is 0.178. The maximum atomic E-state index is 14.7. The number of benzene rings is 1. The van der Waals surface area contributed by atoms with Gasteiger partial charge in [0.1, 0.15) is 23.2 Å². The highest BCUT2D eigenvalue weighted by molar-refractivity contribution is 6.35. The Morgan fingerprint density at radius 2 is 1.82 bits per heavy atom. The summed E-state index contributed by atoms with van der Waals surface area (Å²) in [6.45, 7) is 4.11. The molecule has 0 spiro atoms. The zero-order valence-corrected chi connectivity index (χ0v) is 21.9. The van der Waals surface area contributed by atoms with Gasteiger partial charge in [0.05, 0.1) is 18.4 Å². The molecule has 0 aliphatic carbocycles. The van der Waals surface area contributed by atoms with Crippen LogP contribution in [-0.2, 0) is 6.54 Å². The number of halogens is 2. The summed E-state index contributed by atoms with van der Waals surface area (Å²) in [5.74, 6) is 0.801. The monoisotopic (exact) mass is 559 g/mol. The van der Waals surface area contributed by atoms with Crippen molar-refractivity contribution in [2.45, 2.75) is 6.54 Å². The quantitative estimate of drug-likeness (QED) is 0.324. The van der Waals surface area contributed by atoms with Crippen molar-refractivity contribution in [2.75, 3.05) is 43.4 Å². The number of oxazole rings is 1. The second-order valence-corrected chi connectivity index (χ2v) is 9.76. The molecule has 40 heavy (non-hydrogen) atoms. The number of fused-ring (bicyclic) bond motifs is 3. The molecule has 1 saturated heterocycles. The third kappa shape index (κ3) is 4.28. The van der Waals surface area contributed by atoms with Crippen LogP contribution in [0.25, 0.3) is 39.7 Å². The van der Waals surface area contributed by atoms with E-state index in [0.717, 1.165) is 18.7 Å². The van der Waals surface area contributed by atoms with Crippen molar-refractivity contribution < 1.29 is 8.81 Å².